The number of carbonyl (C=O) groups is 1. The molecule has 0 aliphatic rings. The van der Waals surface area contributed by atoms with Gasteiger partial charge in [-0.05, 0) is 13.3 Å². The molecule has 0 radical (unpaired) electrons. The van der Waals surface area contributed by atoms with E-state index in [1.54, 1.807) is 0 Å². The number of carbonyl (C=O) groups excluding carboxylic acids is 1. The van der Waals surface area contributed by atoms with Crippen molar-refractivity contribution in [2.75, 3.05) is 20.3 Å². The van der Waals surface area contributed by atoms with Gasteiger partial charge in [-0.15, -0.1) is 0 Å². The lowest BCUT2D eigenvalue weighted by atomic mass is 10.0. The van der Waals surface area contributed by atoms with Crippen molar-refractivity contribution in [3.63, 3.8) is 0 Å². The molecule has 0 spiro atoms. The fourth-order valence-corrected chi connectivity index (χ4v) is 0.792. The summed E-state index contributed by atoms with van der Waals surface area (Å²) in [5, 5.41) is 0. The molecule has 0 aliphatic carbocycles. The van der Waals surface area contributed by atoms with Gasteiger partial charge in [0.2, 0.25) is 0 Å². The van der Waals surface area contributed by atoms with Gasteiger partial charge in [0.1, 0.15) is 12.1 Å². The Hall–Kier alpha value is -0.750. The largest absolute Gasteiger partial charge is 0.468 e. The highest BCUT2D eigenvalue weighted by molar-refractivity contribution is 5.79. The Balaban J connectivity index is 3.71. The summed E-state index contributed by atoms with van der Waals surface area (Å²) < 4.78 is 32.3. The Morgan fingerprint density at radius 2 is 2.14 bits per heavy atom. The van der Waals surface area contributed by atoms with Gasteiger partial charge in [0, 0.05) is 6.61 Å². The van der Waals surface area contributed by atoms with Crippen molar-refractivity contribution in [2.45, 2.75) is 25.3 Å². The smallest absolute Gasteiger partial charge is 0.325 e. The van der Waals surface area contributed by atoms with Crippen LogP contribution in [0.4, 0.5) is 8.78 Å². The summed E-state index contributed by atoms with van der Waals surface area (Å²) in [5.74, 6) is -0.585. The summed E-state index contributed by atoms with van der Waals surface area (Å²) in [6, 6.07) is 0. The predicted molar refractivity (Wildman–Crippen MR) is 46.0 cm³/mol. The molecule has 6 heteroatoms. The first-order valence-electron chi connectivity index (χ1n) is 4.13. The zero-order chi connectivity index (χ0) is 11.2. The molecule has 0 heterocycles. The first-order chi connectivity index (χ1) is 6.40. The van der Waals surface area contributed by atoms with Gasteiger partial charge in [-0.25, -0.2) is 8.78 Å². The minimum Gasteiger partial charge on any atom is -0.468 e. The lowest BCUT2D eigenvalue weighted by molar-refractivity contribution is -0.147. The molecule has 0 bridgehead atoms. The quantitative estimate of drug-likeness (QED) is 0.514. The second-order valence-corrected chi connectivity index (χ2v) is 3.13. The molecule has 84 valence electrons. The molecular formula is C8H15F2NO3. The lowest BCUT2D eigenvalue weighted by Gasteiger charge is -2.20. The van der Waals surface area contributed by atoms with Gasteiger partial charge in [0.25, 0.3) is 6.43 Å². The minimum atomic E-state index is -2.50. The molecule has 1 atom stereocenters. The topological polar surface area (TPSA) is 61.5 Å². The maximum atomic E-state index is 11.6. The summed E-state index contributed by atoms with van der Waals surface area (Å²) in [6.45, 7) is 0.828. The van der Waals surface area contributed by atoms with Crippen LogP contribution in [0.3, 0.4) is 0 Å². The summed E-state index contributed by atoms with van der Waals surface area (Å²) in [4.78, 5) is 11.0. The van der Waals surface area contributed by atoms with E-state index in [1.807, 2.05) is 0 Å². The maximum Gasteiger partial charge on any atom is 0.325 e. The van der Waals surface area contributed by atoms with E-state index in [1.165, 1.54) is 14.0 Å². The van der Waals surface area contributed by atoms with Crippen molar-refractivity contribution in [3.05, 3.63) is 0 Å². The lowest BCUT2D eigenvalue weighted by Crippen LogP contribution is -2.46. The summed E-state index contributed by atoms with van der Waals surface area (Å²) in [7, 11) is 1.22. The Morgan fingerprint density at radius 1 is 1.57 bits per heavy atom. The molecule has 0 aromatic rings. The first-order valence-corrected chi connectivity index (χ1v) is 4.13. The van der Waals surface area contributed by atoms with Gasteiger partial charge < -0.3 is 15.2 Å². The summed E-state index contributed by atoms with van der Waals surface area (Å²) in [5.41, 5.74) is 4.36. The van der Waals surface area contributed by atoms with Crippen LogP contribution in [0.2, 0.25) is 0 Å². The maximum absolute atomic E-state index is 11.6. The van der Waals surface area contributed by atoms with Crippen LogP contribution in [0.15, 0.2) is 0 Å². The monoisotopic (exact) mass is 211 g/mol. The number of esters is 1. The number of hydrogen-bond acceptors (Lipinski definition) is 4. The Kier molecular flexibility index (Phi) is 5.56. The van der Waals surface area contributed by atoms with Gasteiger partial charge in [-0.3, -0.25) is 4.79 Å². The van der Waals surface area contributed by atoms with Crippen molar-refractivity contribution in [2.24, 2.45) is 5.73 Å². The van der Waals surface area contributed by atoms with E-state index in [0.29, 0.717) is 0 Å². The number of nitrogens with two attached hydrogens (primary N) is 1. The highest BCUT2D eigenvalue weighted by Gasteiger charge is 2.28. The predicted octanol–water partition coefficient (Wildman–Crippen LogP) is 0.549. The molecule has 14 heavy (non-hydrogen) atoms. The average molecular weight is 211 g/mol. The number of methoxy groups -OCH3 is 1. The molecule has 0 aromatic carbocycles. The van der Waals surface area contributed by atoms with E-state index >= 15 is 0 Å². The van der Waals surface area contributed by atoms with Crippen molar-refractivity contribution in [1.29, 1.82) is 0 Å². The molecular weight excluding hydrogens is 196 g/mol. The second kappa shape index (κ2) is 5.87. The van der Waals surface area contributed by atoms with E-state index < -0.39 is 24.5 Å². The number of rotatable bonds is 6. The van der Waals surface area contributed by atoms with Gasteiger partial charge in [0.15, 0.2) is 0 Å². The van der Waals surface area contributed by atoms with Crippen LogP contribution in [0, 0.1) is 0 Å². The van der Waals surface area contributed by atoms with E-state index in [-0.39, 0.29) is 13.0 Å². The van der Waals surface area contributed by atoms with Crippen molar-refractivity contribution >= 4 is 5.97 Å². The van der Waals surface area contributed by atoms with Crippen molar-refractivity contribution in [1.82, 2.24) is 0 Å². The standard InChI is InChI=1S/C8H15F2NO3/c1-8(11,7(12)13-2)3-4-14-5-6(9)10/h6H,3-5,11H2,1-2H3. The van der Waals surface area contributed by atoms with Crippen molar-refractivity contribution < 1.29 is 23.0 Å². The molecule has 0 fully saturated rings. The molecule has 0 amide bonds. The Bertz CT molecular complexity index is 185. The Labute approximate surface area is 81.4 Å². The molecule has 0 aliphatic heterocycles. The number of ether oxygens (including phenoxy) is 2. The highest BCUT2D eigenvalue weighted by Crippen LogP contribution is 2.08. The van der Waals surface area contributed by atoms with Crippen molar-refractivity contribution in [3.8, 4) is 0 Å². The van der Waals surface area contributed by atoms with E-state index in [0.717, 1.165) is 0 Å². The SMILES string of the molecule is COC(=O)C(C)(N)CCOCC(F)F. The average Bonchev–Trinajstić information content (AvgIpc) is 2.10. The van der Waals surface area contributed by atoms with Gasteiger partial charge >= 0.3 is 5.97 Å². The van der Waals surface area contributed by atoms with Crippen LogP contribution in [0.5, 0.6) is 0 Å². The minimum absolute atomic E-state index is 0.00639. The van der Waals surface area contributed by atoms with Crippen LogP contribution >= 0.6 is 0 Å². The van der Waals surface area contributed by atoms with Gasteiger partial charge in [0.05, 0.1) is 7.11 Å². The van der Waals surface area contributed by atoms with Crippen LogP contribution in [-0.2, 0) is 14.3 Å². The molecule has 1 unspecified atom stereocenters. The highest BCUT2D eigenvalue weighted by atomic mass is 19.3. The first kappa shape index (κ1) is 13.2. The third kappa shape index (κ3) is 5.08. The van der Waals surface area contributed by atoms with Crippen LogP contribution in [0.25, 0.3) is 0 Å². The second-order valence-electron chi connectivity index (χ2n) is 3.13. The van der Waals surface area contributed by atoms with Crippen LogP contribution < -0.4 is 5.73 Å². The normalized spacial score (nSPS) is 15.3. The number of hydrogen-bond donors (Lipinski definition) is 1. The third-order valence-corrected chi connectivity index (χ3v) is 1.66. The summed E-state index contributed by atoms with van der Waals surface area (Å²) >= 11 is 0. The molecule has 4 nitrogen and oxygen atoms in total. The Morgan fingerprint density at radius 3 is 2.57 bits per heavy atom. The number of alkyl halides is 2. The van der Waals surface area contributed by atoms with E-state index in [2.05, 4.69) is 9.47 Å². The molecule has 0 saturated heterocycles. The molecule has 0 aromatic heterocycles. The molecule has 2 N–H and O–H groups in total. The van der Waals surface area contributed by atoms with Gasteiger partial charge in [-0.1, -0.05) is 0 Å². The third-order valence-electron chi connectivity index (χ3n) is 1.66. The van der Waals surface area contributed by atoms with Crippen LogP contribution in [-0.4, -0.2) is 38.3 Å². The zero-order valence-electron chi connectivity index (χ0n) is 8.26. The van der Waals surface area contributed by atoms with Crippen LogP contribution in [0.1, 0.15) is 13.3 Å². The fourth-order valence-electron chi connectivity index (χ4n) is 0.792. The zero-order valence-corrected chi connectivity index (χ0v) is 8.26. The molecule has 0 rings (SSSR count). The number of halogens is 2. The van der Waals surface area contributed by atoms with Gasteiger partial charge in [-0.2, -0.15) is 0 Å². The summed E-state index contributed by atoms with van der Waals surface area (Å²) in [6.07, 6.45) is -2.36. The van der Waals surface area contributed by atoms with E-state index in [4.69, 9.17) is 5.73 Å². The van der Waals surface area contributed by atoms with E-state index in [9.17, 15) is 13.6 Å². The molecule has 0 saturated carbocycles. The fraction of sp³-hybridized carbons (Fsp3) is 0.875.